The minimum atomic E-state index is -0.0725. The van der Waals surface area contributed by atoms with Gasteiger partial charge in [-0.1, -0.05) is 12.8 Å². The van der Waals surface area contributed by atoms with Crippen LogP contribution >= 0.6 is 0 Å². The van der Waals surface area contributed by atoms with E-state index in [0.717, 1.165) is 25.1 Å². The Morgan fingerprint density at radius 1 is 1.32 bits per heavy atom. The van der Waals surface area contributed by atoms with Gasteiger partial charge in [0.1, 0.15) is 11.2 Å². The van der Waals surface area contributed by atoms with Gasteiger partial charge in [0.15, 0.2) is 5.65 Å². The SMILES string of the molecule is CO[C@H]1CCCC[C@H]1n1ncc2c(=O)[nH]c(CC3CC3)nc21. The van der Waals surface area contributed by atoms with Crippen LogP contribution in [-0.4, -0.2) is 33.0 Å². The number of ether oxygens (including phenoxy) is 1. The van der Waals surface area contributed by atoms with Crippen molar-refractivity contribution in [3.8, 4) is 0 Å². The zero-order valence-corrected chi connectivity index (χ0v) is 12.9. The highest BCUT2D eigenvalue weighted by molar-refractivity contribution is 5.73. The van der Waals surface area contributed by atoms with Gasteiger partial charge in [-0.25, -0.2) is 9.67 Å². The molecule has 0 aromatic carbocycles. The van der Waals surface area contributed by atoms with Crippen LogP contribution < -0.4 is 5.56 Å². The fraction of sp³-hybridized carbons (Fsp3) is 0.688. The quantitative estimate of drug-likeness (QED) is 0.939. The molecule has 22 heavy (non-hydrogen) atoms. The van der Waals surface area contributed by atoms with Gasteiger partial charge in [0.25, 0.3) is 5.56 Å². The normalized spacial score (nSPS) is 25.7. The first-order valence-corrected chi connectivity index (χ1v) is 8.25. The Hall–Kier alpha value is -1.69. The minimum Gasteiger partial charge on any atom is -0.379 e. The average Bonchev–Trinajstić information content (AvgIpc) is 3.24. The maximum Gasteiger partial charge on any atom is 0.262 e. The fourth-order valence-electron chi connectivity index (χ4n) is 3.55. The van der Waals surface area contributed by atoms with E-state index in [1.807, 2.05) is 4.68 Å². The van der Waals surface area contributed by atoms with Gasteiger partial charge >= 0.3 is 0 Å². The first kappa shape index (κ1) is 13.9. The Balaban J connectivity index is 1.76. The van der Waals surface area contributed by atoms with Gasteiger partial charge in [-0.2, -0.15) is 5.10 Å². The van der Waals surface area contributed by atoms with E-state index in [2.05, 4.69) is 10.1 Å². The van der Waals surface area contributed by atoms with Crippen LogP contribution in [0.1, 0.15) is 50.4 Å². The number of aromatic nitrogens is 4. The number of rotatable bonds is 4. The lowest BCUT2D eigenvalue weighted by Gasteiger charge is -2.30. The molecule has 2 fully saturated rings. The lowest BCUT2D eigenvalue weighted by atomic mass is 9.92. The summed E-state index contributed by atoms with van der Waals surface area (Å²) < 4.78 is 7.56. The zero-order valence-electron chi connectivity index (χ0n) is 12.9. The molecule has 1 N–H and O–H groups in total. The highest BCUT2D eigenvalue weighted by atomic mass is 16.5. The fourth-order valence-corrected chi connectivity index (χ4v) is 3.55. The smallest absolute Gasteiger partial charge is 0.262 e. The summed E-state index contributed by atoms with van der Waals surface area (Å²) in [5.41, 5.74) is 0.644. The Bertz CT molecular complexity index is 731. The third-order valence-electron chi connectivity index (χ3n) is 4.98. The molecule has 2 aromatic rings. The molecular formula is C16H22N4O2. The number of fused-ring (bicyclic) bond motifs is 1. The molecule has 6 nitrogen and oxygen atoms in total. The molecule has 0 aliphatic heterocycles. The number of nitrogens with one attached hydrogen (secondary N) is 1. The van der Waals surface area contributed by atoms with Gasteiger partial charge < -0.3 is 9.72 Å². The molecule has 2 heterocycles. The molecule has 118 valence electrons. The molecule has 0 bridgehead atoms. The van der Waals surface area contributed by atoms with E-state index in [1.165, 1.54) is 25.7 Å². The molecule has 2 saturated carbocycles. The van der Waals surface area contributed by atoms with Crippen molar-refractivity contribution in [2.45, 2.75) is 57.1 Å². The highest BCUT2D eigenvalue weighted by Crippen LogP contribution is 2.33. The van der Waals surface area contributed by atoms with Crippen LogP contribution in [0, 0.1) is 5.92 Å². The summed E-state index contributed by atoms with van der Waals surface area (Å²) in [6, 6.07) is 0.180. The molecule has 2 atom stereocenters. The Morgan fingerprint density at radius 2 is 2.14 bits per heavy atom. The van der Waals surface area contributed by atoms with Gasteiger partial charge in [0, 0.05) is 13.5 Å². The largest absolute Gasteiger partial charge is 0.379 e. The van der Waals surface area contributed by atoms with Gasteiger partial charge in [0.05, 0.1) is 18.3 Å². The summed E-state index contributed by atoms with van der Waals surface area (Å²) in [4.78, 5) is 19.9. The Morgan fingerprint density at radius 3 is 2.91 bits per heavy atom. The summed E-state index contributed by atoms with van der Waals surface area (Å²) in [5.74, 6) is 1.49. The number of hydrogen-bond donors (Lipinski definition) is 1. The van der Waals surface area contributed by atoms with E-state index in [4.69, 9.17) is 9.72 Å². The maximum atomic E-state index is 12.3. The van der Waals surface area contributed by atoms with Crippen molar-refractivity contribution < 1.29 is 4.74 Å². The van der Waals surface area contributed by atoms with Gasteiger partial charge in [0.2, 0.25) is 0 Å². The number of hydrogen-bond acceptors (Lipinski definition) is 4. The monoisotopic (exact) mass is 302 g/mol. The molecule has 2 aliphatic carbocycles. The third-order valence-corrected chi connectivity index (χ3v) is 4.98. The zero-order chi connectivity index (χ0) is 15.1. The van der Waals surface area contributed by atoms with Gasteiger partial charge in [-0.15, -0.1) is 0 Å². The van der Waals surface area contributed by atoms with Crippen LogP contribution in [0.15, 0.2) is 11.0 Å². The lowest BCUT2D eigenvalue weighted by molar-refractivity contribution is 0.0260. The first-order valence-electron chi connectivity index (χ1n) is 8.25. The lowest BCUT2D eigenvalue weighted by Crippen LogP contribution is -2.30. The van der Waals surface area contributed by atoms with E-state index < -0.39 is 0 Å². The number of nitrogens with zero attached hydrogens (tertiary/aromatic N) is 3. The molecule has 0 saturated heterocycles. The van der Waals surface area contributed by atoms with Gasteiger partial charge in [-0.3, -0.25) is 4.79 Å². The van der Waals surface area contributed by atoms with Crippen LogP contribution in [0.25, 0.3) is 11.0 Å². The second kappa shape index (κ2) is 5.50. The minimum absolute atomic E-state index is 0.0725. The summed E-state index contributed by atoms with van der Waals surface area (Å²) in [6.07, 6.45) is 9.59. The summed E-state index contributed by atoms with van der Waals surface area (Å²) >= 11 is 0. The van der Waals surface area contributed by atoms with Crippen LogP contribution in [0.4, 0.5) is 0 Å². The molecule has 0 spiro atoms. The van der Waals surface area contributed by atoms with Crippen molar-refractivity contribution in [2.75, 3.05) is 7.11 Å². The van der Waals surface area contributed by atoms with Crippen molar-refractivity contribution in [3.05, 3.63) is 22.4 Å². The Kier molecular flexibility index (Phi) is 3.48. The van der Waals surface area contributed by atoms with Crippen molar-refractivity contribution in [3.63, 3.8) is 0 Å². The molecule has 4 rings (SSSR count). The van der Waals surface area contributed by atoms with Crippen molar-refractivity contribution in [1.29, 1.82) is 0 Å². The van der Waals surface area contributed by atoms with Crippen molar-refractivity contribution in [1.82, 2.24) is 19.7 Å². The van der Waals surface area contributed by atoms with Crippen LogP contribution in [0.5, 0.6) is 0 Å². The molecule has 0 radical (unpaired) electrons. The summed E-state index contributed by atoms with van der Waals surface area (Å²) in [5, 5.41) is 5.05. The highest BCUT2D eigenvalue weighted by Gasteiger charge is 2.29. The summed E-state index contributed by atoms with van der Waals surface area (Å²) in [7, 11) is 1.76. The second-order valence-electron chi connectivity index (χ2n) is 6.61. The van der Waals surface area contributed by atoms with Crippen LogP contribution in [-0.2, 0) is 11.2 Å². The van der Waals surface area contributed by atoms with E-state index >= 15 is 0 Å². The molecular weight excluding hydrogens is 280 g/mol. The van der Waals surface area contributed by atoms with E-state index in [-0.39, 0.29) is 17.7 Å². The van der Waals surface area contributed by atoms with Gasteiger partial charge in [-0.05, 0) is 31.6 Å². The molecule has 2 aromatic heterocycles. The van der Waals surface area contributed by atoms with E-state index in [9.17, 15) is 4.79 Å². The predicted molar refractivity (Wildman–Crippen MR) is 82.9 cm³/mol. The number of aromatic amines is 1. The molecule has 2 aliphatic rings. The van der Waals surface area contributed by atoms with E-state index in [0.29, 0.717) is 17.0 Å². The second-order valence-corrected chi connectivity index (χ2v) is 6.61. The van der Waals surface area contributed by atoms with E-state index in [1.54, 1.807) is 13.3 Å². The third kappa shape index (κ3) is 2.45. The molecule has 0 unspecified atom stereocenters. The first-order chi connectivity index (χ1) is 10.8. The summed E-state index contributed by atoms with van der Waals surface area (Å²) in [6.45, 7) is 0. The molecule has 6 heteroatoms. The number of methoxy groups -OCH3 is 1. The van der Waals surface area contributed by atoms with Crippen LogP contribution in [0.2, 0.25) is 0 Å². The standard InChI is InChI=1S/C16H22N4O2/c1-22-13-5-3-2-4-12(13)20-15-11(9-17-20)16(21)19-14(18-15)8-10-6-7-10/h9-10,12-13H,2-8H2,1H3,(H,18,19,21)/t12-,13+/m1/s1. The number of H-pyrrole nitrogens is 1. The topological polar surface area (TPSA) is 72.8 Å². The Labute approximate surface area is 128 Å². The predicted octanol–water partition coefficient (Wildman–Crippen LogP) is 2.20. The molecule has 0 amide bonds. The maximum absolute atomic E-state index is 12.3. The van der Waals surface area contributed by atoms with Crippen molar-refractivity contribution in [2.24, 2.45) is 5.92 Å². The average molecular weight is 302 g/mol. The van der Waals surface area contributed by atoms with Crippen molar-refractivity contribution >= 4 is 11.0 Å². The van der Waals surface area contributed by atoms with Crippen LogP contribution in [0.3, 0.4) is 0 Å².